The third-order valence-electron chi connectivity index (χ3n) is 6.35. The molecule has 5 aromatic rings. The van der Waals surface area contributed by atoms with Gasteiger partial charge in [0.25, 0.3) is 0 Å². The number of aliphatic hydroxyl groups excluding tert-OH is 1. The van der Waals surface area contributed by atoms with Crippen molar-refractivity contribution >= 4 is 33.7 Å². The summed E-state index contributed by atoms with van der Waals surface area (Å²) in [6.45, 7) is 1.48. The molecule has 34 heavy (non-hydrogen) atoms. The Morgan fingerprint density at radius 1 is 1.06 bits per heavy atom. The number of aromatic nitrogens is 4. The van der Waals surface area contributed by atoms with Gasteiger partial charge in [-0.1, -0.05) is 35.9 Å². The lowest BCUT2D eigenvalue weighted by atomic mass is 10.00. The van der Waals surface area contributed by atoms with E-state index in [2.05, 4.69) is 15.0 Å². The van der Waals surface area contributed by atoms with Crippen LogP contribution in [0.2, 0.25) is 5.02 Å². The normalized spacial score (nSPS) is 15.7. The molecule has 0 bridgehead atoms. The van der Waals surface area contributed by atoms with Crippen molar-refractivity contribution < 1.29 is 14.6 Å². The molecule has 4 heterocycles. The Labute approximate surface area is 200 Å². The molecule has 0 aliphatic carbocycles. The van der Waals surface area contributed by atoms with Crippen LogP contribution >= 0.6 is 11.6 Å². The van der Waals surface area contributed by atoms with Crippen LogP contribution in [0.5, 0.6) is 11.5 Å². The number of nitrogens with zero attached hydrogens (tertiary/aromatic N) is 2. The maximum Gasteiger partial charge on any atom is 0.139 e. The molecule has 0 spiro atoms. The van der Waals surface area contributed by atoms with Crippen molar-refractivity contribution in [3.8, 4) is 11.5 Å². The molecule has 7 nitrogen and oxygen atoms in total. The topological polar surface area (TPSA) is 96.1 Å². The van der Waals surface area contributed by atoms with Gasteiger partial charge in [0.2, 0.25) is 0 Å². The lowest BCUT2D eigenvalue weighted by Crippen LogP contribution is -2.15. The zero-order chi connectivity index (χ0) is 23.1. The number of ether oxygens (including phenoxy) is 2. The fraction of sp³-hybridized carbons (Fsp3) is 0.231. The third kappa shape index (κ3) is 3.81. The number of para-hydroxylation sites is 1. The molecule has 1 unspecified atom stereocenters. The lowest BCUT2D eigenvalue weighted by molar-refractivity contribution is 0.0838. The molecule has 1 aliphatic heterocycles. The van der Waals surface area contributed by atoms with E-state index in [9.17, 15) is 5.11 Å². The van der Waals surface area contributed by atoms with Gasteiger partial charge in [-0.05, 0) is 37.1 Å². The summed E-state index contributed by atoms with van der Waals surface area (Å²) >= 11 is 6.58. The summed E-state index contributed by atoms with van der Waals surface area (Å²) in [6.07, 6.45) is 4.47. The highest BCUT2D eigenvalue weighted by Crippen LogP contribution is 2.37. The smallest absolute Gasteiger partial charge is 0.139 e. The molecule has 1 aliphatic rings. The number of fused-ring (bicyclic) bond motifs is 3. The van der Waals surface area contributed by atoms with Crippen LogP contribution in [0.15, 0.2) is 60.9 Å². The van der Waals surface area contributed by atoms with Crippen molar-refractivity contribution in [1.82, 2.24) is 19.9 Å². The summed E-state index contributed by atoms with van der Waals surface area (Å²) in [4.78, 5) is 16.1. The van der Waals surface area contributed by atoms with E-state index < -0.39 is 6.10 Å². The second-order valence-electron chi connectivity index (χ2n) is 8.50. The number of hydrogen-bond acceptors (Lipinski definition) is 5. The molecule has 0 radical (unpaired) electrons. The second kappa shape index (κ2) is 8.76. The molecule has 1 atom stereocenters. The van der Waals surface area contributed by atoms with Crippen LogP contribution < -0.4 is 4.74 Å². The van der Waals surface area contributed by atoms with Crippen LogP contribution in [0.4, 0.5) is 0 Å². The van der Waals surface area contributed by atoms with Crippen LogP contribution in [-0.4, -0.2) is 38.3 Å². The molecule has 1 fully saturated rings. The summed E-state index contributed by atoms with van der Waals surface area (Å²) in [5.74, 6) is 2.59. The van der Waals surface area contributed by atoms with Gasteiger partial charge in [0, 0.05) is 36.5 Å². The molecule has 0 amide bonds. The van der Waals surface area contributed by atoms with E-state index in [4.69, 9.17) is 26.1 Å². The number of H-pyrrole nitrogens is 2. The maximum atomic E-state index is 11.3. The Kier molecular flexibility index (Phi) is 5.45. The highest BCUT2D eigenvalue weighted by molar-refractivity contribution is 6.31. The van der Waals surface area contributed by atoms with E-state index in [0.717, 1.165) is 54.0 Å². The number of rotatable bonds is 5. The zero-order valence-corrected chi connectivity index (χ0v) is 19.0. The fourth-order valence-corrected chi connectivity index (χ4v) is 4.84. The Bertz CT molecular complexity index is 1460. The average Bonchev–Trinajstić information content (AvgIpc) is 3.49. The number of aliphatic hydroxyl groups is 1. The van der Waals surface area contributed by atoms with E-state index in [-0.39, 0.29) is 0 Å². The standard InChI is InChI=1S/C26H23ClN4O3/c27-20-12-17(34-16-4-2-1-3-5-16)6-7-18(20)24(32)19-13-28-26-22(19)23-21(14-29-26)30-25(31-23)15-8-10-33-11-9-15/h1-7,12-15,24,32H,8-11H2,(H,28,29)(H,30,31). The van der Waals surface area contributed by atoms with Crippen LogP contribution in [0.1, 0.15) is 41.8 Å². The number of hydrogen-bond donors (Lipinski definition) is 3. The number of aromatic amines is 2. The number of imidazole rings is 1. The van der Waals surface area contributed by atoms with E-state index >= 15 is 0 Å². The number of halogens is 1. The first kappa shape index (κ1) is 21.2. The van der Waals surface area contributed by atoms with Gasteiger partial charge in [0.05, 0.1) is 22.1 Å². The first-order valence-corrected chi connectivity index (χ1v) is 11.7. The summed E-state index contributed by atoms with van der Waals surface area (Å²) in [5.41, 5.74) is 3.57. The molecular formula is C26H23ClN4O3. The lowest BCUT2D eigenvalue weighted by Gasteiger charge is -2.19. The van der Waals surface area contributed by atoms with E-state index in [1.165, 1.54) is 0 Å². The van der Waals surface area contributed by atoms with Gasteiger partial charge in [0.15, 0.2) is 0 Å². The molecule has 3 N–H and O–H groups in total. The Balaban J connectivity index is 1.36. The zero-order valence-electron chi connectivity index (χ0n) is 18.3. The van der Waals surface area contributed by atoms with Gasteiger partial charge in [-0.25, -0.2) is 9.97 Å². The van der Waals surface area contributed by atoms with Crippen molar-refractivity contribution in [1.29, 1.82) is 0 Å². The Morgan fingerprint density at radius 2 is 1.88 bits per heavy atom. The van der Waals surface area contributed by atoms with E-state index in [1.54, 1.807) is 30.6 Å². The second-order valence-corrected chi connectivity index (χ2v) is 8.90. The molecule has 2 aromatic carbocycles. The SMILES string of the molecule is OC(c1ccc(Oc2ccccc2)cc1Cl)c1c[nH]c2ncc3[nH]c(C4CCOCC4)nc3c12. The summed E-state index contributed by atoms with van der Waals surface area (Å²) in [5, 5.41) is 12.5. The van der Waals surface area contributed by atoms with Crippen molar-refractivity contribution in [2.45, 2.75) is 24.9 Å². The Morgan fingerprint density at radius 3 is 2.68 bits per heavy atom. The third-order valence-corrected chi connectivity index (χ3v) is 6.67. The van der Waals surface area contributed by atoms with Gasteiger partial charge in [-0.3, -0.25) is 0 Å². The van der Waals surface area contributed by atoms with Crippen molar-refractivity contribution in [3.63, 3.8) is 0 Å². The molecule has 6 rings (SSSR count). The highest BCUT2D eigenvalue weighted by atomic mass is 35.5. The minimum absolute atomic E-state index is 0.329. The van der Waals surface area contributed by atoms with Gasteiger partial charge in [-0.2, -0.15) is 0 Å². The van der Waals surface area contributed by atoms with Gasteiger partial charge < -0.3 is 24.5 Å². The predicted molar refractivity (Wildman–Crippen MR) is 131 cm³/mol. The van der Waals surface area contributed by atoms with Gasteiger partial charge in [0.1, 0.15) is 34.6 Å². The molecule has 1 saturated heterocycles. The number of nitrogens with one attached hydrogen (secondary N) is 2. The Hall–Kier alpha value is -3.39. The maximum absolute atomic E-state index is 11.3. The number of pyridine rings is 1. The van der Waals surface area contributed by atoms with Crippen LogP contribution in [0.25, 0.3) is 22.1 Å². The molecular weight excluding hydrogens is 452 g/mol. The summed E-state index contributed by atoms with van der Waals surface area (Å²) in [6, 6.07) is 14.8. The minimum Gasteiger partial charge on any atom is -0.457 e. The highest BCUT2D eigenvalue weighted by Gasteiger charge is 2.24. The predicted octanol–water partition coefficient (Wildman–Crippen LogP) is 5.86. The molecule has 3 aromatic heterocycles. The van der Waals surface area contributed by atoms with Crippen molar-refractivity contribution in [2.24, 2.45) is 0 Å². The van der Waals surface area contributed by atoms with Crippen molar-refractivity contribution in [2.75, 3.05) is 13.2 Å². The first-order valence-electron chi connectivity index (χ1n) is 11.3. The van der Waals surface area contributed by atoms with Gasteiger partial charge in [-0.15, -0.1) is 0 Å². The monoisotopic (exact) mass is 474 g/mol. The fourth-order valence-electron chi connectivity index (χ4n) is 4.56. The van der Waals surface area contributed by atoms with Crippen LogP contribution in [0, 0.1) is 0 Å². The van der Waals surface area contributed by atoms with E-state index in [0.29, 0.717) is 33.5 Å². The molecule has 172 valence electrons. The summed E-state index contributed by atoms with van der Waals surface area (Å²) in [7, 11) is 0. The quantitative estimate of drug-likeness (QED) is 0.296. The van der Waals surface area contributed by atoms with Crippen LogP contribution in [-0.2, 0) is 4.74 Å². The van der Waals surface area contributed by atoms with Gasteiger partial charge >= 0.3 is 0 Å². The van der Waals surface area contributed by atoms with Crippen molar-refractivity contribution in [3.05, 3.63) is 82.9 Å². The minimum atomic E-state index is -0.956. The molecule has 0 saturated carbocycles. The van der Waals surface area contributed by atoms with E-state index in [1.807, 2.05) is 30.3 Å². The number of benzene rings is 2. The first-order chi connectivity index (χ1) is 16.7. The summed E-state index contributed by atoms with van der Waals surface area (Å²) < 4.78 is 11.4. The van der Waals surface area contributed by atoms with Crippen LogP contribution in [0.3, 0.4) is 0 Å². The molecule has 8 heteroatoms. The average molecular weight is 475 g/mol. The largest absolute Gasteiger partial charge is 0.457 e.